The van der Waals surface area contributed by atoms with Crippen LogP contribution in [-0.2, 0) is 25.8 Å². The third kappa shape index (κ3) is 5.39. The highest BCUT2D eigenvalue weighted by molar-refractivity contribution is 7.18. The minimum Gasteiger partial charge on any atom is -0.394 e. The Bertz CT molecular complexity index is 1880. The number of hydrogen-bond donors (Lipinski definition) is 2. The third-order valence-corrected chi connectivity index (χ3v) is 7.46. The van der Waals surface area contributed by atoms with Gasteiger partial charge < -0.3 is 10.8 Å². The van der Waals surface area contributed by atoms with Gasteiger partial charge in [-0.3, -0.25) is 19.3 Å². The number of carbonyl (C=O) groups is 3. The summed E-state index contributed by atoms with van der Waals surface area (Å²) >= 11 is 1.48. The van der Waals surface area contributed by atoms with Crippen LogP contribution in [0.2, 0.25) is 0 Å². The second-order valence-electron chi connectivity index (χ2n) is 9.18. The first-order chi connectivity index (χ1) is 20.8. The van der Waals surface area contributed by atoms with Gasteiger partial charge in [-0.2, -0.15) is 5.10 Å². The van der Waals surface area contributed by atoms with E-state index in [9.17, 15) is 23.9 Å². The fourth-order valence-corrected chi connectivity index (χ4v) is 5.65. The summed E-state index contributed by atoms with van der Waals surface area (Å²) in [6.45, 7) is 0.325. The summed E-state index contributed by atoms with van der Waals surface area (Å²) in [5.74, 6) is -2.31. The number of rotatable bonds is 6. The molecule has 43 heavy (non-hydrogen) atoms. The Morgan fingerprint density at radius 3 is 2.44 bits per heavy atom. The predicted octanol–water partition coefficient (Wildman–Crippen LogP) is 4.59. The number of anilines is 3. The van der Waals surface area contributed by atoms with Gasteiger partial charge in [0.25, 0.3) is 0 Å². The molecule has 5 aromatic rings. The Labute approximate surface area is 246 Å². The van der Waals surface area contributed by atoms with Crippen LogP contribution in [0.5, 0.6) is 0 Å². The van der Waals surface area contributed by atoms with Gasteiger partial charge in [0.05, 0.1) is 30.7 Å². The van der Waals surface area contributed by atoms with Crippen molar-refractivity contribution in [2.75, 3.05) is 17.2 Å². The van der Waals surface area contributed by atoms with E-state index >= 15 is 0 Å². The van der Waals surface area contributed by atoms with Crippen LogP contribution in [0.25, 0.3) is 32.3 Å². The number of pyridine rings is 1. The molecule has 0 radical (unpaired) electrons. The third-order valence-electron chi connectivity index (χ3n) is 6.45. The van der Waals surface area contributed by atoms with Gasteiger partial charge in [0, 0.05) is 56.5 Å². The molecule has 1 aliphatic heterocycles. The summed E-state index contributed by atoms with van der Waals surface area (Å²) in [4.78, 5) is 52.4. The Morgan fingerprint density at radius 1 is 1.00 bits per heavy atom. The molecule has 0 spiro atoms. The van der Waals surface area contributed by atoms with Crippen molar-refractivity contribution in [3.63, 3.8) is 0 Å². The number of nitrogens with two attached hydrogens (primary N) is 1. The number of fused-ring (bicyclic) bond motifs is 1. The van der Waals surface area contributed by atoms with Crippen LogP contribution in [0.4, 0.5) is 26.4 Å². The maximum atomic E-state index is 14.2. The van der Waals surface area contributed by atoms with Gasteiger partial charge in [0.1, 0.15) is 11.6 Å². The van der Waals surface area contributed by atoms with E-state index in [1.807, 2.05) is 11.6 Å². The van der Waals surface area contributed by atoms with Gasteiger partial charge in [-0.25, -0.2) is 23.8 Å². The molecule has 12 nitrogen and oxygen atoms in total. The molecular weight excluding hydrogens is 579 g/mol. The number of urea groups is 1. The van der Waals surface area contributed by atoms with Gasteiger partial charge in [0.15, 0.2) is 0 Å². The molecule has 4 heterocycles. The van der Waals surface area contributed by atoms with E-state index in [2.05, 4.69) is 10.1 Å². The molecule has 3 aromatic heterocycles. The number of aromatic nitrogens is 3. The van der Waals surface area contributed by atoms with Crippen LogP contribution < -0.4 is 10.6 Å². The zero-order valence-corrected chi connectivity index (χ0v) is 22.9. The highest BCUT2D eigenvalue weighted by atomic mass is 32.1. The van der Waals surface area contributed by atoms with Crippen LogP contribution in [0.3, 0.4) is 0 Å². The maximum absolute atomic E-state index is 14.2. The van der Waals surface area contributed by atoms with Gasteiger partial charge in [-0.15, -0.1) is 11.3 Å². The first-order valence-corrected chi connectivity index (χ1v) is 13.6. The van der Waals surface area contributed by atoms with Gasteiger partial charge >= 0.3 is 18.0 Å². The lowest BCUT2D eigenvalue weighted by molar-refractivity contribution is -0.281. The number of aliphatic hydroxyl groups excluding tert-OH is 1. The monoisotopic (exact) mass is 600 g/mol. The standard InChI is InChI=1S/C29H21FN6O6S/c30-19-2-1-3-21(12-19)35(29(40)36-41-24(38)8-9-25(39)42-36)20-6-4-17(5-7-20)23-16-43-27-22(14-32-28(31)26(23)27)18-13-33-34(15-18)10-11-37/h1-9,12-16,37H,10-11H2,(H2,31,32). The van der Waals surface area contributed by atoms with Crippen molar-refractivity contribution in [1.82, 2.24) is 20.0 Å². The molecule has 0 bridgehead atoms. The lowest BCUT2D eigenvalue weighted by Gasteiger charge is -2.27. The van der Waals surface area contributed by atoms with Crippen LogP contribution in [0.1, 0.15) is 0 Å². The number of thiophene rings is 1. The predicted molar refractivity (Wildman–Crippen MR) is 155 cm³/mol. The number of halogens is 1. The van der Waals surface area contributed by atoms with E-state index in [-0.39, 0.29) is 23.2 Å². The smallest absolute Gasteiger partial charge is 0.394 e. The van der Waals surface area contributed by atoms with Gasteiger partial charge in [-0.1, -0.05) is 18.2 Å². The van der Waals surface area contributed by atoms with Crippen molar-refractivity contribution in [3.8, 4) is 22.3 Å². The molecule has 3 N–H and O–H groups in total. The number of hydrogen-bond acceptors (Lipinski definition) is 10. The fourth-order valence-electron chi connectivity index (χ4n) is 4.53. The van der Waals surface area contributed by atoms with E-state index in [4.69, 9.17) is 15.4 Å². The van der Waals surface area contributed by atoms with E-state index in [1.54, 1.807) is 41.3 Å². The topological polar surface area (TPSA) is 153 Å². The number of benzene rings is 2. The molecule has 0 saturated carbocycles. The molecule has 0 atom stereocenters. The van der Waals surface area contributed by atoms with E-state index < -0.39 is 23.8 Å². The Hall–Kier alpha value is -5.60. The Morgan fingerprint density at radius 2 is 1.74 bits per heavy atom. The lowest BCUT2D eigenvalue weighted by Crippen LogP contribution is -2.42. The SMILES string of the molecule is Nc1ncc(-c2cnn(CCO)c2)c2scc(-c3ccc(N(C(=O)N4OC(=O)C=CC(=O)O4)c4cccc(F)c4)cc3)c12. The van der Waals surface area contributed by atoms with Gasteiger partial charge in [0.2, 0.25) is 0 Å². The summed E-state index contributed by atoms with van der Waals surface area (Å²) in [6.07, 6.45) is 6.83. The molecule has 0 aliphatic carbocycles. The quantitative estimate of drug-likeness (QED) is 0.285. The highest BCUT2D eigenvalue weighted by Gasteiger charge is 2.32. The summed E-state index contributed by atoms with van der Waals surface area (Å²) in [7, 11) is 0. The summed E-state index contributed by atoms with van der Waals surface area (Å²) in [5.41, 5.74) is 9.87. The molecule has 1 aliphatic rings. The fraction of sp³-hybridized carbons (Fsp3) is 0.0690. The summed E-state index contributed by atoms with van der Waals surface area (Å²) < 4.78 is 16.7. The van der Waals surface area contributed by atoms with E-state index in [1.165, 1.54) is 29.5 Å². The average molecular weight is 601 g/mol. The zero-order chi connectivity index (χ0) is 30.1. The van der Waals surface area contributed by atoms with Crippen molar-refractivity contribution in [2.45, 2.75) is 6.54 Å². The number of aliphatic hydroxyl groups is 1. The minimum absolute atomic E-state index is 0.0383. The number of carbonyl (C=O) groups excluding carboxylic acids is 3. The van der Waals surface area contributed by atoms with E-state index in [0.29, 0.717) is 12.4 Å². The molecule has 6 rings (SSSR count). The summed E-state index contributed by atoms with van der Waals surface area (Å²) in [6, 6.07) is 10.8. The average Bonchev–Trinajstić information content (AvgIpc) is 3.61. The lowest BCUT2D eigenvalue weighted by atomic mass is 10.0. The molecule has 2 aromatic carbocycles. The van der Waals surface area contributed by atoms with Crippen molar-refractivity contribution >= 4 is 56.6 Å². The number of nitrogens with zero attached hydrogens (tertiary/aromatic N) is 5. The number of amides is 2. The highest BCUT2D eigenvalue weighted by Crippen LogP contribution is 2.42. The van der Waals surface area contributed by atoms with Crippen LogP contribution in [0.15, 0.2) is 84.7 Å². The van der Waals surface area contributed by atoms with E-state index in [0.717, 1.165) is 55.5 Å². The second-order valence-corrected chi connectivity index (χ2v) is 10.1. The molecule has 14 heteroatoms. The van der Waals surface area contributed by atoms with Crippen LogP contribution in [0, 0.1) is 5.82 Å². The molecule has 0 saturated heterocycles. The second kappa shape index (κ2) is 11.3. The minimum atomic E-state index is -1.08. The Balaban J connectivity index is 1.38. The molecule has 2 amide bonds. The molecule has 216 valence electrons. The zero-order valence-electron chi connectivity index (χ0n) is 22.1. The van der Waals surface area contributed by atoms with Crippen molar-refractivity contribution in [2.24, 2.45) is 0 Å². The maximum Gasteiger partial charge on any atom is 0.400 e. The molecule has 0 fully saturated rings. The Kier molecular flexibility index (Phi) is 7.27. The van der Waals surface area contributed by atoms with Crippen molar-refractivity contribution < 1.29 is 33.6 Å². The summed E-state index contributed by atoms with van der Waals surface area (Å²) in [5, 5.41) is 16.3. The van der Waals surface area contributed by atoms with Crippen molar-refractivity contribution in [3.05, 3.63) is 90.5 Å². The molecule has 0 unspecified atom stereocenters. The molecular formula is C29H21FN6O6S. The van der Waals surface area contributed by atoms with Crippen LogP contribution in [-0.4, -0.2) is 49.7 Å². The normalized spacial score (nSPS) is 13.1. The van der Waals surface area contributed by atoms with Gasteiger partial charge in [-0.05, 0) is 41.3 Å². The number of hydroxylamine groups is 2. The first kappa shape index (κ1) is 27.6. The number of nitrogen functional groups attached to an aromatic ring is 1. The first-order valence-electron chi connectivity index (χ1n) is 12.7. The van der Waals surface area contributed by atoms with Crippen LogP contribution >= 0.6 is 11.3 Å². The van der Waals surface area contributed by atoms with Crippen molar-refractivity contribution in [1.29, 1.82) is 0 Å². The largest absolute Gasteiger partial charge is 0.400 e.